The Hall–Kier alpha value is -1.75. The summed E-state index contributed by atoms with van der Waals surface area (Å²) in [6.45, 7) is 2.82. The average Bonchev–Trinajstić information content (AvgIpc) is 3.07. The Labute approximate surface area is 106 Å². The second-order valence-electron chi connectivity index (χ2n) is 4.88. The highest BCUT2D eigenvalue weighted by molar-refractivity contribution is 5.52. The molecule has 0 amide bonds. The second-order valence-corrected chi connectivity index (χ2v) is 4.88. The van der Waals surface area contributed by atoms with E-state index in [2.05, 4.69) is 20.4 Å². The van der Waals surface area contributed by atoms with Crippen molar-refractivity contribution in [3.05, 3.63) is 29.8 Å². The van der Waals surface area contributed by atoms with Gasteiger partial charge in [-0.05, 0) is 25.8 Å². The van der Waals surface area contributed by atoms with Gasteiger partial charge in [-0.3, -0.25) is 4.68 Å². The van der Waals surface area contributed by atoms with Crippen LogP contribution in [-0.4, -0.2) is 25.8 Å². The lowest BCUT2D eigenvalue weighted by Gasteiger charge is -2.05. The van der Waals surface area contributed by atoms with E-state index < -0.39 is 0 Å². The van der Waals surface area contributed by atoms with Crippen molar-refractivity contribution in [2.45, 2.75) is 32.4 Å². The van der Waals surface area contributed by atoms with Gasteiger partial charge in [0.1, 0.15) is 0 Å². The number of nitrogens with zero attached hydrogens (tertiary/aromatic N) is 4. The van der Waals surface area contributed by atoms with Crippen molar-refractivity contribution in [3.8, 4) is 11.4 Å². The predicted molar refractivity (Wildman–Crippen MR) is 68.8 cm³/mol. The largest absolute Gasteiger partial charge is 0.308 e. The maximum atomic E-state index is 4.59. The number of nitrogens with one attached hydrogen (secondary N) is 1. The van der Waals surface area contributed by atoms with Crippen LogP contribution in [0.3, 0.4) is 0 Å². The van der Waals surface area contributed by atoms with Crippen LogP contribution in [0.5, 0.6) is 0 Å². The van der Waals surface area contributed by atoms with Crippen molar-refractivity contribution in [3.63, 3.8) is 0 Å². The summed E-state index contributed by atoms with van der Waals surface area (Å²) in [7, 11) is 1.90. The van der Waals surface area contributed by atoms with E-state index in [-0.39, 0.29) is 0 Å². The summed E-state index contributed by atoms with van der Waals surface area (Å²) in [5.41, 5.74) is 3.01. The first-order valence-corrected chi connectivity index (χ1v) is 6.28. The van der Waals surface area contributed by atoms with Crippen molar-refractivity contribution >= 4 is 0 Å². The van der Waals surface area contributed by atoms with E-state index in [1.165, 1.54) is 12.8 Å². The van der Waals surface area contributed by atoms with E-state index in [4.69, 9.17) is 0 Å². The van der Waals surface area contributed by atoms with Crippen LogP contribution in [0.2, 0.25) is 0 Å². The molecule has 0 radical (unpaired) electrons. The molecule has 0 bridgehead atoms. The minimum atomic E-state index is 0.696. The van der Waals surface area contributed by atoms with Crippen LogP contribution in [0.25, 0.3) is 11.4 Å². The van der Waals surface area contributed by atoms with Crippen molar-refractivity contribution < 1.29 is 0 Å². The van der Waals surface area contributed by atoms with Gasteiger partial charge in [-0.2, -0.15) is 5.10 Å². The van der Waals surface area contributed by atoms with Crippen LogP contribution in [-0.2, 0) is 13.6 Å². The minimum absolute atomic E-state index is 0.696. The third-order valence-corrected chi connectivity index (χ3v) is 3.02. The summed E-state index contributed by atoms with van der Waals surface area (Å²) in [5, 5.41) is 7.63. The standard InChI is InChI=1S/C13H17N5/c1-9-5-12(7-14-11-3-4-11)17-13(16-9)10-6-15-18(2)8-10/h5-6,8,11,14H,3-4,7H2,1-2H3. The lowest BCUT2D eigenvalue weighted by molar-refractivity contribution is 0.672. The van der Waals surface area contributed by atoms with E-state index in [0.717, 1.165) is 29.3 Å². The molecule has 5 heteroatoms. The van der Waals surface area contributed by atoms with Gasteiger partial charge >= 0.3 is 0 Å². The summed E-state index contributed by atoms with van der Waals surface area (Å²) in [6, 6.07) is 2.73. The molecule has 0 atom stereocenters. The van der Waals surface area contributed by atoms with Gasteiger partial charge in [0.15, 0.2) is 5.82 Å². The molecule has 0 saturated heterocycles. The van der Waals surface area contributed by atoms with Crippen LogP contribution in [0.4, 0.5) is 0 Å². The molecule has 2 heterocycles. The van der Waals surface area contributed by atoms with E-state index in [1.807, 2.05) is 26.2 Å². The van der Waals surface area contributed by atoms with Crippen LogP contribution in [0.15, 0.2) is 18.5 Å². The van der Waals surface area contributed by atoms with E-state index >= 15 is 0 Å². The van der Waals surface area contributed by atoms with Gasteiger partial charge in [-0.25, -0.2) is 9.97 Å². The van der Waals surface area contributed by atoms with Gasteiger partial charge in [0.05, 0.1) is 17.5 Å². The molecule has 0 unspecified atom stereocenters. The van der Waals surface area contributed by atoms with Crippen LogP contribution < -0.4 is 5.32 Å². The summed E-state index contributed by atoms with van der Waals surface area (Å²) in [4.78, 5) is 9.06. The average molecular weight is 243 g/mol. The van der Waals surface area contributed by atoms with E-state index in [9.17, 15) is 0 Å². The second kappa shape index (κ2) is 4.49. The molecule has 1 aliphatic carbocycles. The van der Waals surface area contributed by atoms with Crippen LogP contribution >= 0.6 is 0 Å². The fourth-order valence-corrected chi connectivity index (χ4v) is 1.93. The van der Waals surface area contributed by atoms with E-state index in [0.29, 0.717) is 6.04 Å². The zero-order chi connectivity index (χ0) is 12.5. The molecule has 1 fully saturated rings. The molecular formula is C13H17N5. The minimum Gasteiger partial charge on any atom is -0.308 e. The molecule has 0 spiro atoms. The topological polar surface area (TPSA) is 55.6 Å². The van der Waals surface area contributed by atoms with Crippen molar-refractivity contribution in [2.24, 2.45) is 7.05 Å². The predicted octanol–water partition coefficient (Wildman–Crippen LogP) is 1.44. The summed E-state index contributed by atoms with van der Waals surface area (Å²) in [5.74, 6) is 0.760. The van der Waals surface area contributed by atoms with E-state index in [1.54, 1.807) is 10.9 Å². The highest BCUT2D eigenvalue weighted by atomic mass is 15.2. The fraction of sp³-hybridized carbons (Fsp3) is 0.462. The maximum absolute atomic E-state index is 4.59. The first-order valence-electron chi connectivity index (χ1n) is 6.28. The molecule has 1 aliphatic rings. The van der Waals surface area contributed by atoms with Gasteiger partial charge < -0.3 is 5.32 Å². The smallest absolute Gasteiger partial charge is 0.162 e. The molecule has 94 valence electrons. The first kappa shape index (κ1) is 11.3. The van der Waals surface area contributed by atoms with Crippen molar-refractivity contribution in [2.75, 3.05) is 0 Å². The monoisotopic (exact) mass is 243 g/mol. The molecule has 3 rings (SSSR count). The summed E-state index contributed by atoms with van der Waals surface area (Å²) in [6.07, 6.45) is 6.32. The number of rotatable bonds is 4. The lowest BCUT2D eigenvalue weighted by Crippen LogP contribution is -2.16. The highest BCUT2D eigenvalue weighted by Crippen LogP contribution is 2.20. The number of hydrogen-bond acceptors (Lipinski definition) is 4. The molecule has 18 heavy (non-hydrogen) atoms. The SMILES string of the molecule is Cc1cc(CNC2CC2)nc(-c2cnn(C)c2)n1. The third-order valence-electron chi connectivity index (χ3n) is 3.02. The Balaban J connectivity index is 1.84. The van der Waals surface area contributed by atoms with Crippen LogP contribution in [0, 0.1) is 6.92 Å². The van der Waals surface area contributed by atoms with Gasteiger partial charge in [-0.15, -0.1) is 0 Å². The third kappa shape index (κ3) is 2.56. The lowest BCUT2D eigenvalue weighted by atomic mass is 10.2. The summed E-state index contributed by atoms with van der Waals surface area (Å²) < 4.78 is 1.77. The normalized spacial score (nSPS) is 15.0. The fourth-order valence-electron chi connectivity index (χ4n) is 1.93. The molecule has 2 aromatic heterocycles. The Bertz CT molecular complexity index is 556. The quantitative estimate of drug-likeness (QED) is 0.882. The zero-order valence-electron chi connectivity index (χ0n) is 10.7. The van der Waals surface area contributed by atoms with Crippen LogP contribution in [0.1, 0.15) is 24.2 Å². The Morgan fingerprint density at radius 3 is 2.89 bits per heavy atom. The van der Waals surface area contributed by atoms with Crippen molar-refractivity contribution in [1.29, 1.82) is 0 Å². The molecular weight excluding hydrogens is 226 g/mol. The number of aromatic nitrogens is 4. The molecule has 1 N–H and O–H groups in total. The Morgan fingerprint density at radius 1 is 1.39 bits per heavy atom. The zero-order valence-corrected chi connectivity index (χ0v) is 10.7. The van der Waals surface area contributed by atoms with Gasteiger partial charge in [0.25, 0.3) is 0 Å². The molecule has 0 aliphatic heterocycles. The summed E-state index contributed by atoms with van der Waals surface area (Å²) >= 11 is 0. The Kier molecular flexibility index (Phi) is 2.83. The van der Waals surface area contributed by atoms with Gasteiger partial charge in [0.2, 0.25) is 0 Å². The molecule has 2 aromatic rings. The van der Waals surface area contributed by atoms with Gasteiger partial charge in [0, 0.05) is 31.5 Å². The molecule has 0 aromatic carbocycles. The molecule has 1 saturated carbocycles. The first-order chi connectivity index (χ1) is 8.70. The Morgan fingerprint density at radius 2 is 2.22 bits per heavy atom. The highest BCUT2D eigenvalue weighted by Gasteiger charge is 2.20. The maximum Gasteiger partial charge on any atom is 0.162 e. The van der Waals surface area contributed by atoms with Crippen molar-refractivity contribution in [1.82, 2.24) is 25.1 Å². The number of aryl methyl sites for hydroxylation is 2. The molecule has 5 nitrogen and oxygen atoms in total. The number of hydrogen-bond donors (Lipinski definition) is 1. The van der Waals surface area contributed by atoms with Gasteiger partial charge in [-0.1, -0.05) is 0 Å².